The van der Waals surface area contributed by atoms with Crippen molar-refractivity contribution >= 4 is 63.7 Å². The summed E-state index contributed by atoms with van der Waals surface area (Å²) in [6, 6.07) is 5.02. The van der Waals surface area contributed by atoms with Crippen LogP contribution in [0.4, 0.5) is 4.79 Å². The number of alkyl carbamates (subject to hydrolysis) is 1. The van der Waals surface area contributed by atoms with E-state index in [0.717, 1.165) is 43.8 Å². The second kappa shape index (κ2) is 26.7. The first-order valence-corrected chi connectivity index (χ1v) is 21.3. The van der Waals surface area contributed by atoms with E-state index in [-0.39, 0.29) is 41.8 Å². The third kappa shape index (κ3) is 19.1. The number of carbonyl (C=O) groups excluding carboxylic acids is 4. The van der Waals surface area contributed by atoms with Gasteiger partial charge in [-0.2, -0.15) is 0 Å². The molecule has 6 unspecified atom stereocenters. The summed E-state index contributed by atoms with van der Waals surface area (Å²) < 4.78 is 16.7. The van der Waals surface area contributed by atoms with E-state index in [9.17, 15) is 24.0 Å². The van der Waals surface area contributed by atoms with Crippen LogP contribution in [-0.4, -0.2) is 110 Å². The molecule has 310 valence electrons. The number of rotatable bonds is 21. The van der Waals surface area contributed by atoms with E-state index >= 15 is 0 Å². The minimum absolute atomic E-state index is 0.0154. The molecule has 2 heterocycles. The Bertz CT molecular complexity index is 1430. The van der Waals surface area contributed by atoms with Crippen LogP contribution in [0.5, 0.6) is 5.75 Å². The lowest BCUT2D eigenvalue weighted by Gasteiger charge is -2.33. The van der Waals surface area contributed by atoms with Crippen molar-refractivity contribution in [2.24, 2.45) is 5.92 Å². The second-order valence-electron chi connectivity index (χ2n) is 14.0. The van der Waals surface area contributed by atoms with Crippen LogP contribution in [0, 0.1) is 5.92 Å². The third-order valence-corrected chi connectivity index (χ3v) is 12.4. The van der Waals surface area contributed by atoms with Gasteiger partial charge in [-0.05, 0) is 78.2 Å². The standard InChI is InChI=1S/C26H34ClNO5.C12H21NO4S2.C2H7N/c1-17(14-19-10-11-21(27)23(15-19)31-4)8-5-6-9-20-16-22(32-25(30)28-20)18(2)24-26(3,33-24)12-7-13-29;1-9(5-4-7-14)19-18-8-6-11(15)13(3)10(2)12(16)17;1-3-2/h5-6,8,10-11,13,15,18,20,22,24H,7,9,12,14,16H2,1-4H3,(H,28,30);7,9-10H,4-6,8H2,1-3H3,(H,16,17);3H,1-2H3/b6-5+,17-8+;;/t18-,20?,22?,24?,26?;;/m1../s1. The average Bonchev–Trinajstić information content (AvgIpc) is 3.84. The van der Waals surface area contributed by atoms with Crippen LogP contribution in [-0.2, 0) is 35.1 Å². The van der Waals surface area contributed by atoms with Gasteiger partial charge in [0.2, 0.25) is 5.91 Å². The smallest absolute Gasteiger partial charge is 0.407 e. The first kappa shape index (κ1) is 50.0. The summed E-state index contributed by atoms with van der Waals surface area (Å²) in [5.74, 6) is 0.241. The zero-order valence-corrected chi connectivity index (χ0v) is 36.2. The highest BCUT2D eigenvalue weighted by molar-refractivity contribution is 8.76. The van der Waals surface area contributed by atoms with Gasteiger partial charge in [-0.3, -0.25) is 4.79 Å². The molecule has 0 aliphatic carbocycles. The molecule has 2 amide bonds. The number of carbonyl (C=O) groups is 5. The molecule has 2 aliphatic heterocycles. The van der Waals surface area contributed by atoms with E-state index < -0.39 is 12.0 Å². The van der Waals surface area contributed by atoms with E-state index in [1.807, 2.05) is 52.2 Å². The van der Waals surface area contributed by atoms with Crippen LogP contribution in [0.3, 0.4) is 0 Å². The zero-order chi connectivity index (χ0) is 41.6. The molecule has 3 N–H and O–H groups in total. The lowest BCUT2D eigenvalue weighted by atomic mass is 9.86. The fourth-order valence-electron chi connectivity index (χ4n) is 5.74. The average molecular weight is 829 g/mol. The van der Waals surface area contributed by atoms with Crippen molar-refractivity contribution in [1.29, 1.82) is 0 Å². The van der Waals surface area contributed by atoms with Crippen molar-refractivity contribution in [3.05, 3.63) is 52.6 Å². The maximum absolute atomic E-state index is 12.1. The van der Waals surface area contributed by atoms with Gasteiger partial charge in [0.05, 0.1) is 23.8 Å². The molecule has 12 nitrogen and oxygen atoms in total. The number of benzene rings is 1. The normalized spacial score (nSPS) is 22.0. The summed E-state index contributed by atoms with van der Waals surface area (Å²) >= 11 is 6.09. The number of likely N-dealkylation sites (N-methyl/N-ethyl adjacent to an activating group) is 1. The Hall–Kier alpha value is -3.04. The third-order valence-electron chi connectivity index (χ3n) is 9.15. The van der Waals surface area contributed by atoms with Crippen LogP contribution >= 0.6 is 33.2 Å². The lowest BCUT2D eigenvalue weighted by Crippen LogP contribution is -2.48. The Morgan fingerprint density at radius 3 is 2.49 bits per heavy atom. The predicted molar refractivity (Wildman–Crippen MR) is 223 cm³/mol. The van der Waals surface area contributed by atoms with E-state index in [2.05, 4.69) is 36.6 Å². The predicted octanol–water partition coefficient (Wildman–Crippen LogP) is 7.32. The maximum atomic E-state index is 12.1. The molecular formula is C40H62ClN3O9S2. The molecule has 0 saturated carbocycles. The molecule has 15 heteroatoms. The van der Waals surface area contributed by atoms with Gasteiger partial charge in [-0.15, -0.1) is 0 Å². The molecule has 0 spiro atoms. The number of aldehydes is 2. The molecule has 0 radical (unpaired) electrons. The highest BCUT2D eigenvalue weighted by atomic mass is 35.5. The monoisotopic (exact) mass is 827 g/mol. The van der Waals surface area contributed by atoms with Crippen molar-refractivity contribution in [1.82, 2.24) is 15.5 Å². The van der Waals surface area contributed by atoms with Gasteiger partial charge in [-0.25, -0.2) is 9.59 Å². The summed E-state index contributed by atoms with van der Waals surface area (Å²) in [6.45, 7) is 9.70. The lowest BCUT2D eigenvalue weighted by molar-refractivity contribution is -0.148. The first-order chi connectivity index (χ1) is 26.1. The van der Waals surface area contributed by atoms with Crippen molar-refractivity contribution in [2.45, 2.75) is 121 Å². The number of carboxylic acids is 1. The number of amides is 2. The highest BCUT2D eigenvalue weighted by Crippen LogP contribution is 2.46. The summed E-state index contributed by atoms with van der Waals surface area (Å²) in [5.41, 5.74) is 2.05. The fourth-order valence-corrected chi connectivity index (χ4v) is 8.27. The number of methoxy groups -OCH3 is 1. The number of carboxylic acid groups (broad SMARTS) is 1. The number of hydrogen-bond donors (Lipinski definition) is 3. The summed E-state index contributed by atoms with van der Waals surface area (Å²) in [5, 5.41) is 15.4. The first-order valence-electron chi connectivity index (χ1n) is 18.6. The minimum Gasteiger partial charge on any atom is -0.495 e. The number of ether oxygens (including phenoxy) is 3. The molecule has 3 rings (SSSR count). The van der Waals surface area contributed by atoms with Crippen molar-refractivity contribution < 1.29 is 43.3 Å². The van der Waals surface area contributed by atoms with Gasteiger partial charge in [-0.1, -0.05) is 76.9 Å². The largest absolute Gasteiger partial charge is 0.495 e. The van der Waals surface area contributed by atoms with Gasteiger partial charge in [0.15, 0.2) is 0 Å². The number of halogens is 1. The summed E-state index contributed by atoms with van der Waals surface area (Å²) in [6.07, 6.45) is 12.6. The number of allylic oxidation sites excluding steroid dienone is 3. The van der Waals surface area contributed by atoms with Gasteiger partial charge in [0.1, 0.15) is 30.5 Å². The quantitative estimate of drug-likeness (QED) is 0.0373. The summed E-state index contributed by atoms with van der Waals surface area (Å²) in [4.78, 5) is 56.7. The minimum atomic E-state index is -1.000. The van der Waals surface area contributed by atoms with Gasteiger partial charge >= 0.3 is 12.1 Å². The highest BCUT2D eigenvalue weighted by Gasteiger charge is 2.56. The zero-order valence-electron chi connectivity index (χ0n) is 33.8. The molecule has 0 aromatic heterocycles. The molecule has 1 aromatic rings. The molecule has 0 bridgehead atoms. The van der Waals surface area contributed by atoms with Gasteiger partial charge in [0, 0.05) is 55.7 Å². The maximum Gasteiger partial charge on any atom is 0.407 e. The Kier molecular flexibility index (Phi) is 24.3. The van der Waals surface area contributed by atoms with Crippen LogP contribution in [0.2, 0.25) is 5.02 Å². The van der Waals surface area contributed by atoms with E-state index in [4.69, 9.17) is 30.9 Å². The molecule has 55 heavy (non-hydrogen) atoms. The van der Waals surface area contributed by atoms with Crippen LogP contribution in [0.25, 0.3) is 0 Å². The number of hydrogen-bond acceptors (Lipinski definition) is 11. The Morgan fingerprint density at radius 2 is 1.87 bits per heavy atom. The summed E-state index contributed by atoms with van der Waals surface area (Å²) in [7, 11) is 10.1. The number of nitrogens with zero attached hydrogens (tertiary/aromatic N) is 1. The number of nitrogens with one attached hydrogen (secondary N) is 2. The Morgan fingerprint density at radius 1 is 1.20 bits per heavy atom. The van der Waals surface area contributed by atoms with E-state index in [0.29, 0.717) is 47.5 Å². The van der Waals surface area contributed by atoms with E-state index in [1.54, 1.807) is 28.7 Å². The van der Waals surface area contributed by atoms with Crippen LogP contribution in [0.15, 0.2) is 42.0 Å². The number of cyclic esters (lactones) is 1. The van der Waals surface area contributed by atoms with Crippen molar-refractivity contribution in [3.8, 4) is 5.75 Å². The van der Waals surface area contributed by atoms with Crippen molar-refractivity contribution in [2.75, 3.05) is 34.0 Å². The topological polar surface area (TPSA) is 164 Å². The Balaban J connectivity index is 0.000000586. The Labute approximate surface area is 340 Å². The van der Waals surface area contributed by atoms with Crippen LogP contribution < -0.4 is 15.4 Å². The molecular weight excluding hydrogens is 766 g/mol. The number of epoxide rings is 1. The van der Waals surface area contributed by atoms with Crippen LogP contribution in [0.1, 0.15) is 85.1 Å². The van der Waals surface area contributed by atoms with E-state index in [1.165, 1.54) is 24.4 Å². The molecule has 1 aromatic carbocycles. The van der Waals surface area contributed by atoms with Crippen molar-refractivity contribution in [3.63, 3.8) is 0 Å². The number of aliphatic carboxylic acids is 1. The molecule has 7 atom stereocenters. The molecule has 2 aliphatic rings. The molecule has 2 saturated heterocycles. The fraction of sp³-hybridized carbons (Fsp3) is 0.625. The molecule has 2 fully saturated rings. The van der Waals surface area contributed by atoms with Gasteiger partial charge < -0.3 is 44.4 Å². The van der Waals surface area contributed by atoms with Gasteiger partial charge in [0.25, 0.3) is 0 Å². The second-order valence-corrected chi connectivity index (χ2v) is 17.3. The SMILES string of the molecule is CC(CCC=O)SSCCC(=O)N(C)C(C)C(=O)O.CNC.COc1cc(C/C(C)=C/C=C/CC2CC([C@@H](C)C3OC3(C)CCC=O)OC(=O)N2)ccc1Cl.